The second-order valence-electron chi connectivity index (χ2n) is 4.22. The van der Waals surface area contributed by atoms with Crippen LogP contribution in [0.4, 0.5) is 26.0 Å². The first-order valence-corrected chi connectivity index (χ1v) is 6.21. The molecule has 0 bridgehead atoms. The van der Waals surface area contributed by atoms with Gasteiger partial charge in [0.1, 0.15) is 17.5 Å². The number of aromatic nitrogens is 1. The van der Waals surface area contributed by atoms with E-state index in [2.05, 4.69) is 10.3 Å². The van der Waals surface area contributed by atoms with Crippen molar-refractivity contribution in [1.29, 1.82) is 0 Å². The number of hydrogen-bond acceptors (Lipinski definition) is 4. The Labute approximate surface area is 115 Å². The third kappa shape index (κ3) is 3.57. The van der Waals surface area contributed by atoms with E-state index in [0.717, 1.165) is 12.5 Å². The highest BCUT2D eigenvalue weighted by Gasteiger charge is 2.06. The number of rotatable bonds is 5. The number of halogens is 2. The quantitative estimate of drug-likeness (QED) is 0.879. The molecule has 0 amide bonds. The summed E-state index contributed by atoms with van der Waals surface area (Å²) in [5.41, 5.74) is 6.41. The number of nitrogens with two attached hydrogens (primary N) is 1. The number of hydrogen-bond donors (Lipinski definition) is 2. The molecule has 2 rings (SSSR count). The first-order chi connectivity index (χ1) is 9.58. The van der Waals surface area contributed by atoms with E-state index >= 15 is 0 Å². The van der Waals surface area contributed by atoms with Gasteiger partial charge in [0, 0.05) is 11.8 Å². The van der Waals surface area contributed by atoms with Crippen LogP contribution in [-0.2, 0) is 0 Å². The van der Waals surface area contributed by atoms with Crippen LogP contribution >= 0.6 is 0 Å². The number of nitrogens with one attached hydrogen (secondary N) is 1. The van der Waals surface area contributed by atoms with Crippen LogP contribution in [0.1, 0.15) is 13.3 Å². The molecule has 0 aliphatic carbocycles. The molecular weight excluding hydrogens is 264 g/mol. The minimum absolute atomic E-state index is 0.265. The lowest BCUT2D eigenvalue weighted by molar-refractivity contribution is 0.307. The Morgan fingerprint density at radius 1 is 1.20 bits per heavy atom. The summed E-state index contributed by atoms with van der Waals surface area (Å²) >= 11 is 0. The number of pyridine rings is 1. The van der Waals surface area contributed by atoms with Crippen molar-refractivity contribution in [2.45, 2.75) is 13.3 Å². The summed E-state index contributed by atoms with van der Waals surface area (Å²) in [6.07, 6.45) is 0.827. The molecule has 1 heterocycles. The van der Waals surface area contributed by atoms with Gasteiger partial charge in [0.15, 0.2) is 0 Å². The molecule has 0 radical (unpaired) electrons. The van der Waals surface area contributed by atoms with Gasteiger partial charge in [0.05, 0.1) is 12.3 Å². The highest BCUT2D eigenvalue weighted by molar-refractivity contribution is 5.60. The average Bonchev–Trinajstić information content (AvgIpc) is 2.38. The number of nitrogen functional groups attached to an aromatic ring is 1. The average molecular weight is 279 g/mol. The maximum Gasteiger partial charge on any atom is 0.239 e. The summed E-state index contributed by atoms with van der Waals surface area (Å²) in [5, 5.41) is 2.80. The van der Waals surface area contributed by atoms with Gasteiger partial charge in [-0.3, -0.25) is 0 Å². The number of benzene rings is 1. The fourth-order valence-electron chi connectivity index (χ4n) is 1.61. The van der Waals surface area contributed by atoms with Gasteiger partial charge >= 0.3 is 0 Å². The Balaban J connectivity index is 2.20. The predicted molar refractivity (Wildman–Crippen MR) is 74.1 cm³/mol. The number of nitrogens with zero attached hydrogens (tertiary/aromatic N) is 1. The summed E-state index contributed by atoms with van der Waals surface area (Å²) in [4.78, 5) is 4.16. The molecular formula is C14H15F2N3O. The van der Waals surface area contributed by atoms with Crippen molar-refractivity contribution in [2.24, 2.45) is 0 Å². The molecule has 106 valence electrons. The van der Waals surface area contributed by atoms with Crippen LogP contribution in [0.2, 0.25) is 0 Å². The van der Waals surface area contributed by atoms with Gasteiger partial charge in [0.2, 0.25) is 5.88 Å². The van der Waals surface area contributed by atoms with Gasteiger partial charge in [0.25, 0.3) is 0 Å². The van der Waals surface area contributed by atoms with Gasteiger partial charge in [-0.15, -0.1) is 0 Å². The van der Waals surface area contributed by atoms with Crippen molar-refractivity contribution < 1.29 is 13.5 Å². The van der Waals surface area contributed by atoms with E-state index in [1.165, 1.54) is 12.1 Å². The van der Waals surface area contributed by atoms with Gasteiger partial charge in [-0.1, -0.05) is 6.92 Å². The third-order valence-corrected chi connectivity index (χ3v) is 2.47. The first-order valence-electron chi connectivity index (χ1n) is 6.21. The smallest absolute Gasteiger partial charge is 0.239 e. The predicted octanol–water partition coefficient (Wildman–Crippen LogP) is 3.47. The van der Waals surface area contributed by atoms with Gasteiger partial charge in [-0.25, -0.2) is 8.78 Å². The maximum absolute atomic E-state index is 13.1. The van der Waals surface area contributed by atoms with E-state index in [1.807, 2.05) is 6.92 Å². The fraction of sp³-hybridized carbons (Fsp3) is 0.214. The van der Waals surface area contributed by atoms with Crippen LogP contribution < -0.4 is 15.8 Å². The molecule has 0 spiro atoms. The van der Waals surface area contributed by atoms with E-state index in [-0.39, 0.29) is 5.69 Å². The van der Waals surface area contributed by atoms with Crippen LogP contribution in [0.3, 0.4) is 0 Å². The zero-order valence-corrected chi connectivity index (χ0v) is 11.0. The lowest BCUT2D eigenvalue weighted by Gasteiger charge is -2.10. The van der Waals surface area contributed by atoms with Crippen LogP contribution in [0.25, 0.3) is 0 Å². The van der Waals surface area contributed by atoms with Gasteiger partial charge in [-0.05, 0) is 30.7 Å². The van der Waals surface area contributed by atoms with Crippen molar-refractivity contribution in [1.82, 2.24) is 4.98 Å². The molecule has 1 aromatic heterocycles. The highest BCUT2D eigenvalue weighted by Crippen LogP contribution is 2.24. The summed E-state index contributed by atoms with van der Waals surface area (Å²) < 4.78 is 31.6. The molecule has 1 aromatic carbocycles. The lowest BCUT2D eigenvalue weighted by atomic mass is 10.3. The molecule has 0 fully saturated rings. The number of anilines is 3. The van der Waals surface area contributed by atoms with E-state index in [4.69, 9.17) is 10.5 Å². The minimum Gasteiger partial charge on any atom is -0.476 e. The normalized spacial score (nSPS) is 10.3. The zero-order chi connectivity index (χ0) is 14.5. The van der Waals surface area contributed by atoms with Crippen molar-refractivity contribution >= 4 is 17.2 Å². The van der Waals surface area contributed by atoms with Crippen LogP contribution in [0, 0.1) is 11.6 Å². The SMILES string of the molecule is CCCOc1nc(Nc2cc(F)cc(F)c2)ccc1N. The summed E-state index contributed by atoms with van der Waals surface area (Å²) in [6.45, 7) is 2.46. The monoisotopic (exact) mass is 279 g/mol. The first kappa shape index (κ1) is 14.0. The van der Waals surface area contributed by atoms with Crippen LogP contribution in [0.15, 0.2) is 30.3 Å². The molecule has 0 aliphatic rings. The van der Waals surface area contributed by atoms with Crippen molar-refractivity contribution in [3.63, 3.8) is 0 Å². The minimum atomic E-state index is -0.662. The Bertz CT molecular complexity index is 585. The molecule has 4 nitrogen and oxygen atoms in total. The Hall–Kier alpha value is -2.37. The van der Waals surface area contributed by atoms with Gasteiger partial charge < -0.3 is 15.8 Å². The Morgan fingerprint density at radius 2 is 1.90 bits per heavy atom. The molecule has 20 heavy (non-hydrogen) atoms. The number of ether oxygens (including phenoxy) is 1. The van der Waals surface area contributed by atoms with E-state index in [0.29, 0.717) is 24.0 Å². The Kier molecular flexibility index (Phi) is 4.34. The van der Waals surface area contributed by atoms with E-state index in [1.54, 1.807) is 12.1 Å². The molecule has 0 aliphatic heterocycles. The molecule has 6 heteroatoms. The highest BCUT2D eigenvalue weighted by atomic mass is 19.1. The standard InChI is InChI=1S/C14H15F2N3O/c1-2-5-20-14-12(17)3-4-13(19-14)18-11-7-9(15)6-10(16)8-11/h3-4,6-8H,2,5,17H2,1H3,(H,18,19). The van der Waals surface area contributed by atoms with Gasteiger partial charge in [-0.2, -0.15) is 4.98 Å². The molecule has 0 saturated carbocycles. The van der Waals surface area contributed by atoms with E-state index < -0.39 is 11.6 Å². The summed E-state index contributed by atoms with van der Waals surface area (Å²) in [7, 11) is 0. The fourth-order valence-corrected chi connectivity index (χ4v) is 1.61. The molecule has 0 unspecified atom stereocenters. The zero-order valence-electron chi connectivity index (χ0n) is 11.0. The maximum atomic E-state index is 13.1. The lowest BCUT2D eigenvalue weighted by Crippen LogP contribution is -2.03. The summed E-state index contributed by atoms with van der Waals surface area (Å²) in [6, 6.07) is 6.38. The van der Waals surface area contributed by atoms with Crippen molar-refractivity contribution in [3.05, 3.63) is 42.0 Å². The molecule has 3 N–H and O–H groups in total. The van der Waals surface area contributed by atoms with E-state index in [9.17, 15) is 8.78 Å². The van der Waals surface area contributed by atoms with Crippen LogP contribution in [-0.4, -0.2) is 11.6 Å². The third-order valence-electron chi connectivity index (χ3n) is 2.47. The largest absolute Gasteiger partial charge is 0.476 e. The van der Waals surface area contributed by atoms with Crippen molar-refractivity contribution in [3.8, 4) is 5.88 Å². The molecule has 0 atom stereocenters. The Morgan fingerprint density at radius 3 is 2.55 bits per heavy atom. The molecule has 2 aromatic rings. The van der Waals surface area contributed by atoms with Crippen LogP contribution in [0.5, 0.6) is 5.88 Å². The summed E-state index contributed by atoms with van der Waals surface area (Å²) in [5.74, 6) is -0.625. The second-order valence-corrected chi connectivity index (χ2v) is 4.22. The van der Waals surface area contributed by atoms with Crippen molar-refractivity contribution in [2.75, 3.05) is 17.7 Å². The topological polar surface area (TPSA) is 60.2 Å². The molecule has 0 saturated heterocycles. The second kappa shape index (κ2) is 6.18.